The lowest BCUT2D eigenvalue weighted by Crippen LogP contribution is -2.35. The van der Waals surface area contributed by atoms with Crippen molar-refractivity contribution in [3.63, 3.8) is 0 Å². The Kier molecular flexibility index (Phi) is 4.39. The molecule has 0 saturated carbocycles. The van der Waals surface area contributed by atoms with Crippen molar-refractivity contribution in [1.29, 1.82) is 0 Å². The number of aromatic amines is 1. The monoisotopic (exact) mass is 365 g/mol. The zero-order chi connectivity index (χ0) is 19.0. The topological polar surface area (TPSA) is 58.2 Å². The summed E-state index contributed by atoms with van der Waals surface area (Å²) in [5, 5.41) is 0. The van der Waals surface area contributed by atoms with Crippen LogP contribution in [-0.2, 0) is 6.42 Å². The number of rotatable bonds is 3. The van der Waals surface area contributed by atoms with Gasteiger partial charge in [-0.2, -0.15) is 0 Å². The summed E-state index contributed by atoms with van der Waals surface area (Å²) in [6, 6.07) is 13.8. The number of ether oxygens (including phenoxy) is 1. The molecule has 27 heavy (non-hydrogen) atoms. The summed E-state index contributed by atoms with van der Waals surface area (Å²) in [4.78, 5) is 21.8. The molecule has 3 aromatic rings. The van der Waals surface area contributed by atoms with E-state index in [1.165, 1.54) is 12.1 Å². The minimum atomic E-state index is -0.253. The van der Waals surface area contributed by atoms with Gasteiger partial charge < -0.3 is 9.64 Å². The predicted molar refractivity (Wildman–Crippen MR) is 103 cm³/mol. The van der Waals surface area contributed by atoms with Crippen LogP contribution in [0.2, 0.25) is 0 Å². The number of halogens is 1. The molecule has 0 saturated heterocycles. The molecule has 0 spiro atoms. The quantitative estimate of drug-likeness (QED) is 0.761. The van der Waals surface area contributed by atoms with E-state index < -0.39 is 0 Å². The minimum Gasteiger partial charge on any atom is -0.497 e. The molecule has 1 atom stereocenters. The fourth-order valence-electron chi connectivity index (χ4n) is 3.51. The Morgan fingerprint density at radius 1 is 1.19 bits per heavy atom. The molecule has 4 rings (SSSR count). The summed E-state index contributed by atoms with van der Waals surface area (Å²) in [5.74, 6) is 0.953. The van der Waals surface area contributed by atoms with Gasteiger partial charge in [-0.05, 0) is 67.8 Å². The minimum absolute atomic E-state index is 0.136. The number of anilines is 2. The summed E-state index contributed by atoms with van der Waals surface area (Å²) in [6.45, 7) is 2.08. The molecule has 0 fully saturated rings. The molecule has 1 N–H and O–H groups in total. The number of aromatic nitrogens is 2. The average molecular weight is 365 g/mol. The van der Waals surface area contributed by atoms with Crippen LogP contribution in [0, 0.1) is 5.82 Å². The molecular formula is C21H20FN3O2. The molecule has 1 unspecified atom stereocenters. The van der Waals surface area contributed by atoms with Gasteiger partial charge in [-0.1, -0.05) is 0 Å². The van der Waals surface area contributed by atoms with Gasteiger partial charge in [-0.3, -0.25) is 9.78 Å². The Bertz CT molecular complexity index is 1030. The molecule has 0 radical (unpaired) electrons. The second-order valence-electron chi connectivity index (χ2n) is 6.71. The number of nitrogens with one attached hydrogen (secondary N) is 1. The number of nitrogens with zero attached hydrogens (tertiary/aromatic N) is 2. The van der Waals surface area contributed by atoms with Crippen molar-refractivity contribution in [1.82, 2.24) is 9.97 Å². The van der Waals surface area contributed by atoms with Crippen LogP contribution in [0.1, 0.15) is 18.9 Å². The number of hydrogen-bond acceptors (Lipinski definition) is 4. The van der Waals surface area contributed by atoms with Gasteiger partial charge in [-0.15, -0.1) is 0 Å². The number of methoxy groups -OCH3 is 1. The van der Waals surface area contributed by atoms with Gasteiger partial charge in [0.15, 0.2) is 0 Å². The molecule has 0 aliphatic carbocycles. The molecule has 0 bridgehead atoms. The van der Waals surface area contributed by atoms with E-state index in [-0.39, 0.29) is 17.4 Å². The summed E-state index contributed by atoms with van der Waals surface area (Å²) in [6.07, 6.45) is 1.65. The van der Waals surface area contributed by atoms with Crippen molar-refractivity contribution in [2.24, 2.45) is 0 Å². The van der Waals surface area contributed by atoms with Crippen molar-refractivity contribution in [2.45, 2.75) is 25.8 Å². The van der Waals surface area contributed by atoms with Crippen molar-refractivity contribution in [2.75, 3.05) is 12.0 Å². The van der Waals surface area contributed by atoms with Crippen LogP contribution in [0.15, 0.2) is 53.3 Å². The molecule has 1 aliphatic heterocycles. The van der Waals surface area contributed by atoms with Gasteiger partial charge in [0.25, 0.3) is 5.56 Å². The normalized spacial score (nSPS) is 16.1. The fraction of sp³-hybridized carbons (Fsp3) is 0.238. The highest BCUT2D eigenvalue weighted by atomic mass is 19.1. The first-order chi connectivity index (χ1) is 13.0. The Balaban J connectivity index is 1.80. The summed E-state index contributed by atoms with van der Waals surface area (Å²) >= 11 is 0. The number of benzene rings is 2. The highest BCUT2D eigenvalue weighted by Crippen LogP contribution is 2.35. The first kappa shape index (κ1) is 17.3. The van der Waals surface area contributed by atoms with Crippen molar-refractivity contribution >= 4 is 11.6 Å². The summed E-state index contributed by atoms with van der Waals surface area (Å²) in [5.41, 5.74) is 2.98. The maximum Gasteiger partial charge on any atom is 0.252 e. The number of H-pyrrole nitrogens is 1. The van der Waals surface area contributed by atoms with Crippen LogP contribution in [0.25, 0.3) is 11.3 Å². The molecule has 138 valence electrons. The molecule has 2 aromatic carbocycles. The molecular weight excluding hydrogens is 345 g/mol. The van der Waals surface area contributed by atoms with Crippen LogP contribution in [0.5, 0.6) is 5.75 Å². The molecule has 1 aromatic heterocycles. The van der Waals surface area contributed by atoms with Crippen molar-refractivity contribution < 1.29 is 9.13 Å². The van der Waals surface area contributed by atoms with Crippen LogP contribution in [0.3, 0.4) is 0 Å². The van der Waals surface area contributed by atoms with Crippen LogP contribution >= 0.6 is 0 Å². The Hall–Kier alpha value is -3.15. The van der Waals surface area contributed by atoms with Crippen molar-refractivity contribution in [3.05, 3.63) is 70.3 Å². The van der Waals surface area contributed by atoms with Crippen LogP contribution in [-0.4, -0.2) is 23.1 Å². The smallest absolute Gasteiger partial charge is 0.252 e. The lowest BCUT2D eigenvalue weighted by atomic mass is 9.97. The highest BCUT2D eigenvalue weighted by molar-refractivity contribution is 5.67. The fourth-order valence-corrected chi connectivity index (χ4v) is 3.51. The predicted octanol–water partition coefficient (Wildman–Crippen LogP) is 4.06. The third kappa shape index (κ3) is 3.30. The SMILES string of the molecule is COc1ccc(-c2cc(=O)[nH]c(N3c4ccc(F)cc4CCC3C)n2)cc1. The third-order valence-corrected chi connectivity index (χ3v) is 4.92. The van der Waals surface area contributed by atoms with E-state index >= 15 is 0 Å². The number of aryl methyl sites for hydroxylation is 1. The van der Waals surface area contributed by atoms with Gasteiger partial charge in [0.1, 0.15) is 11.6 Å². The average Bonchev–Trinajstić information content (AvgIpc) is 2.67. The van der Waals surface area contributed by atoms with E-state index in [0.717, 1.165) is 35.4 Å². The van der Waals surface area contributed by atoms with E-state index in [0.29, 0.717) is 11.6 Å². The standard InChI is InChI=1S/C21H20FN3O2/c1-13-3-4-15-11-16(22)7-10-19(15)25(13)21-23-18(12-20(26)24-21)14-5-8-17(27-2)9-6-14/h5-13H,3-4H2,1-2H3,(H,23,24,26). The molecule has 2 heterocycles. The molecule has 1 aliphatic rings. The van der Waals surface area contributed by atoms with Gasteiger partial charge in [-0.25, -0.2) is 9.37 Å². The molecule has 0 amide bonds. The van der Waals surface area contributed by atoms with E-state index in [1.54, 1.807) is 19.2 Å². The lowest BCUT2D eigenvalue weighted by Gasteiger charge is -2.35. The molecule has 6 heteroatoms. The van der Waals surface area contributed by atoms with E-state index in [4.69, 9.17) is 9.72 Å². The second kappa shape index (κ2) is 6.87. The largest absolute Gasteiger partial charge is 0.497 e. The van der Waals surface area contributed by atoms with E-state index in [9.17, 15) is 9.18 Å². The molecule has 5 nitrogen and oxygen atoms in total. The second-order valence-corrected chi connectivity index (χ2v) is 6.71. The number of hydrogen-bond donors (Lipinski definition) is 1. The van der Waals surface area contributed by atoms with Crippen molar-refractivity contribution in [3.8, 4) is 17.0 Å². The summed E-state index contributed by atoms with van der Waals surface area (Å²) in [7, 11) is 1.61. The van der Waals surface area contributed by atoms with Crippen LogP contribution < -0.4 is 15.2 Å². The van der Waals surface area contributed by atoms with E-state index in [1.807, 2.05) is 29.2 Å². The highest BCUT2D eigenvalue weighted by Gasteiger charge is 2.26. The Labute approximate surface area is 156 Å². The van der Waals surface area contributed by atoms with E-state index in [2.05, 4.69) is 11.9 Å². The van der Waals surface area contributed by atoms with Gasteiger partial charge in [0.05, 0.1) is 12.8 Å². The summed E-state index contributed by atoms with van der Waals surface area (Å²) < 4.78 is 18.8. The lowest BCUT2D eigenvalue weighted by molar-refractivity contribution is 0.415. The maximum atomic E-state index is 13.6. The maximum absolute atomic E-state index is 13.6. The van der Waals surface area contributed by atoms with Gasteiger partial charge >= 0.3 is 0 Å². The third-order valence-electron chi connectivity index (χ3n) is 4.92. The Morgan fingerprint density at radius 2 is 1.96 bits per heavy atom. The first-order valence-corrected chi connectivity index (χ1v) is 8.88. The van der Waals surface area contributed by atoms with Crippen LogP contribution in [0.4, 0.5) is 16.0 Å². The first-order valence-electron chi connectivity index (χ1n) is 8.88. The van der Waals surface area contributed by atoms with Gasteiger partial charge in [0.2, 0.25) is 5.95 Å². The number of fused-ring (bicyclic) bond motifs is 1. The zero-order valence-corrected chi connectivity index (χ0v) is 15.2. The zero-order valence-electron chi connectivity index (χ0n) is 15.2. The Morgan fingerprint density at radius 3 is 2.70 bits per heavy atom. The van der Waals surface area contributed by atoms with Gasteiger partial charge in [0, 0.05) is 23.4 Å².